The molecular formula is C18H21ClN2O2. The van der Waals surface area contributed by atoms with Gasteiger partial charge in [0.05, 0.1) is 11.2 Å². The SMILES string of the molecule is CC1CCCCN1C(=O)CCc1ncc(-c2ccccc2Cl)o1. The average Bonchev–Trinajstić information content (AvgIpc) is 3.02. The first-order valence-electron chi connectivity index (χ1n) is 8.14. The number of carbonyl (C=O) groups is 1. The van der Waals surface area contributed by atoms with Gasteiger partial charge >= 0.3 is 0 Å². The number of carbonyl (C=O) groups excluding carboxylic acids is 1. The van der Waals surface area contributed by atoms with E-state index in [1.54, 1.807) is 6.20 Å². The molecule has 0 spiro atoms. The molecule has 1 aromatic heterocycles. The highest BCUT2D eigenvalue weighted by Crippen LogP contribution is 2.28. The Morgan fingerprint density at radius 1 is 1.39 bits per heavy atom. The number of aromatic nitrogens is 1. The minimum atomic E-state index is 0.190. The molecule has 1 aromatic carbocycles. The lowest BCUT2D eigenvalue weighted by Gasteiger charge is -2.33. The third-order valence-electron chi connectivity index (χ3n) is 4.37. The molecular weight excluding hydrogens is 312 g/mol. The van der Waals surface area contributed by atoms with Gasteiger partial charge in [-0.15, -0.1) is 0 Å². The Bertz CT molecular complexity index is 683. The maximum atomic E-state index is 12.3. The van der Waals surface area contributed by atoms with Gasteiger partial charge in [-0.25, -0.2) is 4.98 Å². The van der Waals surface area contributed by atoms with Crippen LogP contribution in [0.15, 0.2) is 34.9 Å². The van der Waals surface area contributed by atoms with Gasteiger partial charge in [0.1, 0.15) is 0 Å². The molecule has 1 fully saturated rings. The molecule has 23 heavy (non-hydrogen) atoms. The fourth-order valence-electron chi connectivity index (χ4n) is 3.04. The lowest BCUT2D eigenvalue weighted by Crippen LogP contribution is -2.42. The molecule has 0 radical (unpaired) electrons. The van der Waals surface area contributed by atoms with Crippen molar-refractivity contribution in [3.05, 3.63) is 41.4 Å². The first-order chi connectivity index (χ1) is 11.1. The molecule has 0 bridgehead atoms. The maximum absolute atomic E-state index is 12.3. The summed E-state index contributed by atoms with van der Waals surface area (Å²) in [4.78, 5) is 18.6. The van der Waals surface area contributed by atoms with E-state index in [1.807, 2.05) is 29.2 Å². The highest BCUT2D eigenvalue weighted by atomic mass is 35.5. The lowest BCUT2D eigenvalue weighted by molar-refractivity contribution is -0.134. The van der Waals surface area contributed by atoms with Gasteiger partial charge in [0, 0.05) is 31.0 Å². The first kappa shape index (κ1) is 16.1. The maximum Gasteiger partial charge on any atom is 0.223 e. The summed E-state index contributed by atoms with van der Waals surface area (Å²) in [5.41, 5.74) is 0.823. The van der Waals surface area contributed by atoms with Crippen molar-refractivity contribution in [2.45, 2.75) is 45.1 Å². The molecule has 4 nitrogen and oxygen atoms in total. The monoisotopic (exact) mass is 332 g/mol. The zero-order chi connectivity index (χ0) is 16.2. The molecule has 2 aromatic rings. The lowest BCUT2D eigenvalue weighted by atomic mass is 10.0. The van der Waals surface area contributed by atoms with Crippen LogP contribution in [0.25, 0.3) is 11.3 Å². The van der Waals surface area contributed by atoms with E-state index in [9.17, 15) is 4.79 Å². The Hall–Kier alpha value is -1.81. The van der Waals surface area contributed by atoms with Crippen molar-refractivity contribution in [2.75, 3.05) is 6.54 Å². The van der Waals surface area contributed by atoms with Crippen molar-refractivity contribution < 1.29 is 9.21 Å². The topological polar surface area (TPSA) is 46.3 Å². The van der Waals surface area contributed by atoms with Crippen molar-refractivity contribution in [3.63, 3.8) is 0 Å². The van der Waals surface area contributed by atoms with Gasteiger partial charge in [-0.2, -0.15) is 0 Å². The summed E-state index contributed by atoms with van der Waals surface area (Å²) in [7, 11) is 0. The van der Waals surface area contributed by atoms with Crippen molar-refractivity contribution in [1.29, 1.82) is 0 Å². The number of rotatable bonds is 4. The van der Waals surface area contributed by atoms with Crippen LogP contribution in [0.1, 0.15) is 38.5 Å². The second kappa shape index (κ2) is 7.18. The van der Waals surface area contributed by atoms with Gasteiger partial charge in [0.25, 0.3) is 0 Å². The minimum Gasteiger partial charge on any atom is -0.441 e. The van der Waals surface area contributed by atoms with Crippen molar-refractivity contribution in [3.8, 4) is 11.3 Å². The molecule has 1 saturated heterocycles. The largest absolute Gasteiger partial charge is 0.441 e. The summed E-state index contributed by atoms with van der Waals surface area (Å²) in [5.74, 6) is 1.41. The zero-order valence-corrected chi connectivity index (χ0v) is 14.1. The van der Waals surface area contributed by atoms with Crippen molar-refractivity contribution in [1.82, 2.24) is 9.88 Å². The average molecular weight is 333 g/mol. The third kappa shape index (κ3) is 3.75. The van der Waals surface area contributed by atoms with Crippen LogP contribution in [0.4, 0.5) is 0 Å². The smallest absolute Gasteiger partial charge is 0.223 e. The third-order valence-corrected chi connectivity index (χ3v) is 4.70. The van der Waals surface area contributed by atoms with E-state index in [4.69, 9.17) is 16.0 Å². The highest BCUT2D eigenvalue weighted by molar-refractivity contribution is 6.33. The van der Waals surface area contributed by atoms with E-state index in [1.165, 1.54) is 6.42 Å². The number of nitrogens with zero attached hydrogens (tertiary/aromatic N) is 2. The Morgan fingerprint density at radius 3 is 3.00 bits per heavy atom. The summed E-state index contributed by atoms with van der Waals surface area (Å²) in [6.45, 7) is 2.99. The fraction of sp³-hybridized carbons (Fsp3) is 0.444. The Morgan fingerprint density at radius 2 is 2.22 bits per heavy atom. The Kier molecular flexibility index (Phi) is 5.01. The van der Waals surface area contributed by atoms with Crippen molar-refractivity contribution in [2.24, 2.45) is 0 Å². The summed E-state index contributed by atoms with van der Waals surface area (Å²) in [6, 6.07) is 7.85. The van der Waals surface area contributed by atoms with Crippen LogP contribution >= 0.6 is 11.6 Å². The van der Waals surface area contributed by atoms with Gasteiger partial charge < -0.3 is 9.32 Å². The Balaban J connectivity index is 1.61. The van der Waals surface area contributed by atoms with E-state index < -0.39 is 0 Å². The number of amides is 1. The number of piperidine rings is 1. The molecule has 0 saturated carbocycles. The molecule has 1 unspecified atom stereocenters. The molecule has 1 aliphatic heterocycles. The van der Waals surface area contributed by atoms with Crippen LogP contribution in [0.2, 0.25) is 5.02 Å². The van der Waals surface area contributed by atoms with Crippen molar-refractivity contribution >= 4 is 17.5 Å². The van der Waals surface area contributed by atoms with Crippen LogP contribution < -0.4 is 0 Å². The molecule has 122 valence electrons. The summed E-state index contributed by atoms with van der Waals surface area (Å²) in [6.07, 6.45) is 6.04. The van der Waals surface area contributed by atoms with Crippen LogP contribution in [0, 0.1) is 0 Å². The van der Waals surface area contributed by atoms with Gasteiger partial charge in [0.2, 0.25) is 5.91 Å². The van der Waals surface area contributed by atoms with E-state index in [0.717, 1.165) is 24.9 Å². The highest BCUT2D eigenvalue weighted by Gasteiger charge is 2.23. The van der Waals surface area contributed by atoms with Crippen LogP contribution in [0.3, 0.4) is 0 Å². The summed E-state index contributed by atoms with van der Waals surface area (Å²) >= 11 is 6.16. The number of aryl methyl sites for hydroxylation is 1. The number of likely N-dealkylation sites (tertiary alicyclic amines) is 1. The molecule has 1 aliphatic rings. The summed E-state index contributed by atoms with van der Waals surface area (Å²) in [5, 5.41) is 0.633. The van der Waals surface area contributed by atoms with Gasteiger partial charge in [-0.3, -0.25) is 4.79 Å². The zero-order valence-electron chi connectivity index (χ0n) is 13.3. The number of halogens is 1. The molecule has 1 atom stereocenters. The Labute approximate surface area is 141 Å². The fourth-order valence-corrected chi connectivity index (χ4v) is 3.27. The van der Waals surface area contributed by atoms with Gasteiger partial charge in [-0.1, -0.05) is 23.7 Å². The van der Waals surface area contributed by atoms with Crippen LogP contribution in [0.5, 0.6) is 0 Å². The number of hydrogen-bond donors (Lipinski definition) is 0. The molecule has 1 amide bonds. The van der Waals surface area contributed by atoms with E-state index in [2.05, 4.69) is 11.9 Å². The van der Waals surface area contributed by atoms with Crippen LogP contribution in [-0.4, -0.2) is 28.4 Å². The predicted molar refractivity (Wildman–Crippen MR) is 90.3 cm³/mol. The predicted octanol–water partition coefficient (Wildman–Crippen LogP) is 4.33. The standard InChI is InChI=1S/C18H21ClN2O2/c1-13-6-4-5-11-21(13)18(22)10-9-17-20-12-16(23-17)14-7-2-3-8-15(14)19/h2-3,7-8,12-13H,4-6,9-11H2,1H3. The number of oxazole rings is 1. The van der Waals surface area contributed by atoms with E-state index in [-0.39, 0.29) is 5.91 Å². The number of benzene rings is 1. The molecule has 3 rings (SSSR count). The van der Waals surface area contributed by atoms with Crippen LogP contribution in [-0.2, 0) is 11.2 Å². The molecule has 0 N–H and O–H groups in total. The molecule has 2 heterocycles. The second-order valence-corrected chi connectivity index (χ2v) is 6.44. The van der Waals surface area contributed by atoms with Gasteiger partial charge in [-0.05, 0) is 38.3 Å². The quantitative estimate of drug-likeness (QED) is 0.837. The first-order valence-corrected chi connectivity index (χ1v) is 8.52. The molecule has 0 aliphatic carbocycles. The van der Waals surface area contributed by atoms with E-state index >= 15 is 0 Å². The minimum absolute atomic E-state index is 0.190. The number of hydrogen-bond acceptors (Lipinski definition) is 3. The molecule has 5 heteroatoms. The van der Waals surface area contributed by atoms with E-state index in [0.29, 0.717) is 35.6 Å². The normalized spacial score (nSPS) is 18.2. The summed E-state index contributed by atoms with van der Waals surface area (Å²) < 4.78 is 5.75. The second-order valence-electron chi connectivity index (χ2n) is 6.03. The van der Waals surface area contributed by atoms with Gasteiger partial charge in [0.15, 0.2) is 11.7 Å².